The number of nitrogens with zero attached hydrogens (tertiary/aromatic N) is 2. The van der Waals surface area contributed by atoms with E-state index in [0.717, 1.165) is 49.2 Å². The van der Waals surface area contributed by atoms with Crippen LogP contribution in [0.25, 0.3) is 5.57 Å². The van der Waals surface area contributed by atoms with Crippen molar-refractivity contribution in [3.8, 4) is 5.75 Å². The van der Waals surface area contributed by atoms with Crippen molar-refractivity contribution in [2.75, 3.05) is 18.0 Å². The number of hydrogen-bond acceptors (Lipinski definition) is 4. The molecule has 5 heteroatoms. The first-order chi connectivity index (χ1) is 14.5. The van der Waals surface area contributed by atoms with Crippen molar-refractivity contribution in [3.05, 3.63) is 65.4 Å². The summed E-state index contributed by atoms with van der Waals surface area (Å²) in [6.07, 6.45) is 3.29. The van der Waals surface area contributed by atoms with E-state index in [2.05, 4.69) is 4.90 Å². The number of aryl methyl sites for hydroxylation is 1. The molecule has 30 heavy (non-hydrogen) atoms. The van der Waals surface area contributed by atoms with E-state index in [1.54, 1.807) is 24.3 Å². The van der Waals surface area contributed by atoms with Crippen LogP contribution < -0.4 is 9.64 Å². The first-order valence-electron chi connectivity index (χ1n) is 10.7. The standard InChI is InChI=1S/C25H28N2O3/c1-17(2)30-21-13-11-20(12-14-21)27-24(28)22(19-9-7-18(3)8-10-19)23(25(27)29)26-15-5-4-6-16-26/h7-14,17H,4-6,15-16H2,1-3H3. The van der Waals surface area contributed by atoms with Crippen LogP contribution in [0.1, 0.15) is 44.2 Å². The minimum Gasteiger partial charge on any atom is -0.491 e. The van der Waals surface area contributed by atoms with Gasteiger partial charge >= 0.3 is 0 Å². The minimum absolute atomic E-state index is 0.0615. The maximum atomic E-state index is 13.5. The van der Waals surface area contributed by atoms with Crippen LogP contribution in [-0.4, -0.2) is 35.9 Å². The average molecular weight is 405 g/mol. The van der Waals surface area contributed by atoms with Crippen LogP contribution in [0.4, 0.5) is 5.69 Å². The van der Waals surface area contributed by atoms with E-state index < -0.39 is 0 Å². The molecule has 0 saturated carbocycles. The number of anilines is 1. The largest absolute Gasteiger partial charge is 0.491 e. The van der Waals surface area contributed by atoms with Gasteiger partial charge < -0.3 is 9.64 Å². The van der Waals surface area contributed by atoms with Gasteiger partial charge in [0, 0.05) is 13.1 Å². The minimum atomic E-state index is -0.262. The van der Waals surface area contributed by atoms with Gasteiger partial charge in [-0.15, -0.1) is 0 Å². The molecule has 0 aliphatic carbocycles. The van der Waals surface area contributed by atoms with Gasteiger partial charge in [-0.05, 0) is 69.9 Å². The van der Waals surface area contributed by atoms with Gasteiger partial charge in [-0.2, -0.15) is 0 Å². The lowest BCUT2D eigenvalue weighted by Crippen LogP contribution is -2.37. The monoisotopic (exact) mass is 404 g/mol. The van der Waals surface area contributed by atoms with E-state index in [-0.39, 0.29) is 17.9 Å². The fourth-order valence-corrected chi connectivity index (χ4v) is 4.09. The van der Waals surface area contributed by atoms with Crippen LogP contribution in [0, 0.1) is 6.92 Å². The summed E-state index contributed by atoms with van der Waals surface area (Å²) in [5, 5.41) is 0. The Balaban J connectivity index is 1.73. The van der Waals surface area contributed by atoms with Gasteiger partial charge in [0.1, 0.15) is 11.4 Å². The third kappa shape index (κ3) is 3.84. The second-order valence-electron chi connectivity index (χ2n) is 8.24. The van der Waals surface area contributed by atoms with Gasteiger partial charge in [-0.1, -0.05) is 29.8 Å². The summed E-state index contributed by atoms with van der Waals surface area (Å²) in [5.41, 5.74) is 3.52. The van der Waals surface area contributed by atoms with Crippen LogP contribution in [0.5, 0.6) is 5.75 Å². The molecule has 0 atom stereocenters. The molecule has 0 spiro atoms. The van der Waals surface area contributed by atoms with Crippen molar-refractivity contribution in [2.24, 2.45) is 0 Å². The number of benzene rings is 2. The molecule has 1 fully saturated rings. The number of carbonyl (C=O) groups is 2. The highest BCUT2D eigenvalue weighted by atomic mass is 16.5. The molecule has 2 aliphatic heterocycles. The third-order valence-corrected chi connectivity index (χ3v) is 5.54. The summed E-state index contributed by atoms with van der Waals surface area (Å²) in [4.78, 5) is 30.4. The van der Waals surface area contributed by atoms with Crippen molar-refractivity contribution in [2.45, 2.75) is 46.1 Å². The predicted molar refractivity (Wildman–Crippen MR) is 118 cm³/mol. The first-order valence-corrected chi connectivity index (χ1v) is 10.7. The smallest absolute Gasteiger partial charge is 0.282 e. The normalized spacial score (nSPS) is 17.3. The highest BCUT2D eigenvalue weighted by Crippen LogP contribution is 2.36. The number of amides is 2. The van der Waals surface area contributed by atoms with Crippen molar-refractivity contribution in [3.63, 3.8) is 0 Å². The Morgan fingerprint density at radius 2 is 1.47 bits per heavy atom. The summed E-state index contributed by atoms with van der Waals surface area (Å²) in [6, 6.07) is 15.0. The molecule has 0 unspecified atom stereocenters. The molecular weight excluding hydrogens is 376 g/mol. The van der Waals surface area contributed by atoms with Gasteiger partial charge in [0.2, 0.25) is 0 Å². The maximum Gasteiger partial charge on any atom is 0.282 e. The Bertz CT molecular complexity index is 968. The number of hydrogen-bond donors (Lipinski definition) is 0. The topological polar surface area (TPSA) is 49.9 Å². The Kier molecular flexibility index (Phi) is 5.62. The van der Waals surface area contributed by atoms with E-state index in [1.165, 1.54) is 4.90 Å². The molecule has 2 aromatic carbocycles. The van der Waals surface area contributed by atoms with Gasteiger partial charge in [-0.25, -0.2) is 4.90 Å². The summed E-state index contributed by atoms with van der Waals surface area (Å²) in [5.74, 6) is 0.216. The van der Waals surface area contributed by atoms with Crippen molar-refractivity contribution in [1.29, 1.82) is 0 Å². The quantitative estimate of drug-likeness (QED) is 0.686. The number of rotatable bonds is 5. The van der Waals surface area contributed by atoms with Gasteiger partial charge in [0.15, 0.2) is 0 Å². The predicted octanol–water partition coefficient (Wildman–Crippen LogP) is 4.55. The summed E-state index contributed by atoms with van der Waals surface area (Å²) < 4.78 is 5.70. The van der Waals surface area contributed by atoms with Gasteiger partial charge in [0.25, 0.3) is 11.8 Å². The Morgan fingerprint density at radius 1 is 0.833 bits per heavy atom. The molecular formula is C25H28N2O3. The lowest BCUT2D eigenvalue weighted by molar-refractivity contribution is -0.120. The lowest BCUT2D eigenvalue weighted by Gasteiger charge is -2.29. The molecule has 4 rings (SSSR count). The second kappa shape index (κ2) is 8.34. The van der Waals surface area contributed by atoms with Crippen LogP contribution in [0.3, 0.4) is 0 Å². The zero-order valence-electron chi connectivity index (χ0n) is 17.9. The zero-order valence-corrected chi connectivity index (χ0v) is 17.9. The van der Waals surface area contributed by atoms with Crippen molar-refractivity contribution >= 4 is 23.1 Å². The molecule has 156 valence electrons. The van der Waals surface area contributed by atoms with E-state index in [4.69, 9.17) is 4.74 Å². The Morgan fingerprint density at radius 3 is 2.07 bits per heavy atom. The lowest BCUT2D eigenvalue weighted by atomic mass is 10.0. The molecule has 5 nitrogen and oxygen atoms in total. The van der Waals surface area contributed by atoms with Crippen LogP contribution in [-0.2, 0) is 9.59 Å². The highest BCUT2D eigenvalue weighted by molar-refractivity contribution is 6.45. The molecule has 0 aromatic heterocycles. The zero-order chi connectivity index (χ0) is 21.3. The molecule has 0 bridgehead atoms. The van der Waals surface area contributed by atoms with E-state index >= 15 is 0 Å². The summed E-state index contributed by atoms with van der Waals surface area (Å²) >= 11 is 0. The molecule has 2 aromatic rings. The van der Waals surface area contributed by atoms with E-state index in [9.17, 15) is 9.59 Å². The molecule has 0 N–H and O–H groups in total. The van der Waals surface area contributed by atoms with Crippen LogP contribution >= 0.6 is 0 Å². The molecule has 2 aliphatic rings. The van der Waals surface area contributed by atoms with Crippen LogP contribution in [0.15, 0.2) is 54.2 Å². The van der Waals surface area contributed by atoms with Crippen LogP contribution in [0.2, 0.25) is 0 Å². The summed E-state index contributed by atoms with van der Waals surface area (Å²) in [7, 11) is 0. The fraction of sp³-hybridized carbons (Fsp3) is 0.360. The Hall–Kier alpha value is -3.08. The number of likely N-dealkylation sites (tertiary alicyclic amines) is 1. The van der Waals surface area contributed by atoms with Gasteiger partial charge in [-0.3, -0.25) is 9.59 Å². The molecule has 0 radical (unpaired) electrons. The molecule has 2 amide bonds. The number of carbonyl (C=O) groups excluding carboxylic acids is 2. The summed E-state index contributed by atoms with van der Waals surface area (Å²) in [6.45, 7) is 7.55. The number of piperidine rings is 1. The molecule has 2 heterocycles. The van der Waals surface area contributed by atoms with Crippen molar-refractivity contribution < 1.29 is 14.3 Å². The van der Waals surface area contributed by atoms with Gasteiger partial charge in [0.05, 0.1) is 17.4 Å². The van der Waals surface area contributed by atoms with Crippen molar-refractivity contribution in [1.82, 2.24) is 4.90 Å². The third-order valence-electron chi connectivity index (χ3n) is 5.54. The first kappa shape index (κ1) is 20.2. The highest BCUT2D eigenvalue weighted by Gasteiger charge is 2.42. The molecule has 1 saturated heterocycles. The maximum absolute atomic E-state index is 13.5. The van der Waals surface area contributed by atoms with E-state index in [0.29, 0.717) is 17.0 Å². The SMILES string of the molecule is Cc1ccc(C2=C(N3CCCCC3)C(=O)N(c3ccc(OC(C)C)cc3)C2=O)cc1. The fourth-order valence-electron chi connectivity index (χ4n) is 4.09. The average Bonchev–Trinajstić information content (AvgIpc) is 3.00. The number of ether oxygens (including phenoxy) is 1. The van der Waals surface area contributed by atoms with E-state index in [1.807, 2.05) is 45.0 Å². The Labute approximate surface area is 177 Å². The number of imide groups is 1. The second-order valence-corrected chi connectivity index (χ2v) is 8.24.